The molecular formula is C23H25ClN3O3-. The molecule has 0 fully saturated rings. The van der Waals surface area contributed by atoms with Crippen LogP contribution in [0.15, 0.2) is 54.6 Å². The van der Waals surface area contributed by atoms with E-state index >= 15 is 0 Å². The molecule has 0 N–H and O–H groups in total. The molecule has 3 rings (SSSR count). The van der Waals surface area contributed by atoms with Gasteiger partial charge >= 0.3 is 0 Å². The molecule has 0 unspecified atom stereocenters. The number of carbonyl (C=O) groups is 1. The number of carboxylic acid groups (broad SMARTS) is 1. The van der Waals surface area contributed by atoms with E-state index in [0.29, 0.717) is 29.7 Å². The summed E-state index contributed by atoms with van der Waals surface area (Å²) in [5.41, 5.74) is 2.05. The van der Waals surface area contributed by atoms with Gasteiger partial charge in [-0.05, 0) is 51.5 Å². The monoisotopic (exact) mass is 426 g/mol. The van der Waals surface area contributed by atoms with Crippen LogP contribution in [0.4, 0.5) is 10.6 Å². The molecule has 1 heterocycles. The van der Waals surface area contributed by atoms with E-state index in [2.05, 4.69) is 5.10 Å². The summed E-state index contributed by atoms with van der Waals surface area (Å²) >= 11 is 6.22. The van der Waals surface area contributed by atoms with Crippen molar-refractivity contribution in [1.82, 2.24) is 9.78 Å². The zero-order valence-corrected chi connectivity index (χ0v) is 18.3. The second-order valence-electron chi connectivity index (χ2n) is 8.10. The molecule has 0 bridgehead atoms. The first kappa shape index (κ1) is 21.7. The third-order valence-electron chi connectivity index (χ3n) is 4.63. The highest BCUT2D eigenvalue weighted by Crippen LogP contribution is 2.27. The van der Waals surface area contributed by atoms with Gasteiger partial charge in [-0.1, -0.05) is 41.9 Å². The summed E-state index contributed by atoms with van der Waals surface area (Å²) in [5.74, 6) is 1.03. The topological polar surface area (TPSA) is 70.4 Å². The smallest absolute Gasteiger partial charge is 0.156 e. The first-order chi connectivity index (χ1) is 14.1. The average Bonchev–Trinajstić information content (AvgIpc) is 3.00. The van der Waals surface area contributed by atoms with E-state index in [1.54, 1.807) is 37.6 Å². The Morgan fingerprint density at radius 2 is 1.87 bits per heavy atom. The highest BCUT2D eigenvalue weighted by Gasteiger charge is 2.25. The predicted octanol–water partition coefficient (Wildman–Crippen LogP) is 4.42. The summed E-state index contributed by atoms with van der Waals surface area (Å²) in [6, 6.07) is 17.1. The van der Waals surface area contributed by atoms with Gasteiger partial charge in [0.15, 0.2) is 5.82 Å². The van der Waals surface area contributed by atoms with Gasteiger partial charge in [0.1, 0.15) is 18.4 Å². The third kappa shape index (κ3) is 5.13. The lowest BCUT2D eigenvalue weighted by Crippen LogP contribution is -2.52. The molecular weight excluding hydrogens is 402 g/mol. The Labute approximate surface area is 181 Å². The van der Waals surface area contributed by atoms with Crippen LogP contribution in [0.25, 0.3) is 0 Å². The van der Waals surface area contributed by atoms with Gasteiger partial charge in [-0.25, -0.2) is 0 Å². The maximum atomic E-state index is 11.7. The van der Waals surface area contributed by atoms with E-state index in [9.17, 15) is 9.90 Å². The minimum absolute atomic E-state index is 0.328. The molecule has 0 aliphatic carbocycles. The first-order valence-electron chi connectivity index (χ1n) is 9.66. The van der Waals surface area contributed by atoms with E-state index < -0.39 is 11.6 Å². The zero-order valence-electron chi connectivity index (χ0n) is 17.6. The van der Waals surface area contributed by atoms with Crippen molar-refractivity contribution < 1.29 is 14.6 Å². The zero-order chi connectivity index (χ0) is 21.9. The Bertz CT molecular complexity index is 1030. The fraction of sp³-hybridized carbons (Fsp3) is 0.304. The second-order valence-corrected chi connectivity index (χ2v) is 8.54. The number of benzene rings is 2. The standard InChI is InChI=1S/C23H26ClN3O3/c1-16-12-21(27(22(28)29)23(2,3)4)25-26(16)14-18-13-19(24)10-11-20(18)30-15-17-8-6-5-7-9-17/h5-13H,14-15H2,1-4H3,(H,28,29)/p-1. The van der Waals surface area contributed by atoms with Crippen LogP contribution in [-0.2, 0) is 13.2 Å². The molecule has 0 radical (unpaired) electrons. The van der Waals surface area contributed by atoms with Crippen molar-refractivity contribution in [2.24, 2.45) is 0 Å². The predicted molar refractivity (Wildman–Crippen MR) is 116 cm³/mol. The minimum atomic E-state index is -1.29. The molecule has 0 atom stereocenters. The normalized spacial score (nSPS) is 11.4. The molecule has 3 aromatic rings. The molecule has 0 aliphatic rings. The van der Waals surface area contributed by atoms with Gasteiger partial charge in [-0.15, -0.1) is 0 Å². The number of carbonyl (C=O) groups excluding carboxylic acids is 1. The molecule has 0 aliphatic heterocycles. The number of hydrogen-bond donors (Lipinski definition) is 0. The largest absolute Gasteiger partial charge is 0.530 e. The maximum Gasteiger partial charge on any atom is 0.156 e. The Morgan fingerprint density at radius 1 is 1.17 bits per heavy atom. The van der Waals surface area contributed by atoms with E-state index in [-0.39, 0.29) is 0 Å². The molecule has 30 heavy (non-hydrogen) atoms. The van der Waals surface area contributed by atoms with E-state index in [1.807, 2.05) is 49.4 Å². The molecule has 1 amide bonds. The van der Waals surface area contributed by atoms with E-state index in [4.69, 9.17) is 16.3 Å². The molecule has 0 saturated carbocycles. The lowest BCUT2D eigenvalue weighted by Gasteiger charge is -2.35. The molecule has 1 aromatic heterocycles. The van der Waals surface area contributed by atoms with Crippen LogP contribution in [-0.4, -0.2) is 21.4 Å². The number of hydrogen-bond acceptors (Lipinski definition) is 4. The fourth-order valence-electron chi connectivity index (χ4n) is 3.18. The van der Waals surface area contributed by atoms with Crippen LogP contribution in [0.3, 0.4) is 0 Å². The van der Waals surface area contributed by atoms with Crippen LogP contribution in [0.1, 0.15) is 37.6 Å². The van der Waals surface area contributed by atoms with Crippen LogP contribution in [0.5, 0.6) is 5.75 Å². The summed E-state index contributed by atoms with van der Waals surface area (Å²) in [6.45, 7) is 8.08. The number of nitrogens with zero attached hydrogens (tertiary/aromatic N) is 3. The van der Waals surface area contributed by atoms with Gasteiger partial charge in [0.2, 0.25) is 0 Å². The number of ether oxygens (including phenoxy) is 1. The summed E-state index contributed by atoms with van der Waals surface area (Å²) < 4.78 is 7.76. The van der Waals surface area contributed by atoms with Crippen LogP contribution in [0, 0.1) is 6.92 Å². The number of amides is 1. The Balaban J connectivity index is 1.86. The SMILES string of the molecule is Cc1cc(N(C(=O)[O-])C(C)(C)C)nn1Cc1cc(Cl)ccc1OCc1ccccc1. The molecule has 7 heteroatoms. The molecule has 6 nitrogen and oxygen atoms in total. The van der Waals surface area contributed by atoms with Crippen LogP contribution in [0.2, 0.25) is 5.02 Å². The lowest BCUT2D eigenvalue weighted by atomic mass is 10.1. The number of anilines is 1. The number of halogens is 1. The van der Waals surface area contributed by atoms with Crippen molar-refractivity contribution in [1.29, 1.82) is 0 Å². The Morgan fingerprint density at radius 3 is 2.50 bits per heavy atom. The second kappa shape index (κ2) is 8.79. The average molecular weight is 427 g/mol. The Kier molecular flexibility index (Phi) is 6.37. The summed E-state index contributed by atoms with van der Waals surface area (Å²) in [6.07, 6.45) is -1.29. The lowest BCUT2D eigenvalue weighted by molar-refractivity contribution is -0.247. The molecule has 0 saturated heterocycles. The van der Waals surface area contributed by atoms with Crippen LogP contribution >= 0.6 is 11.6 Å². The van der Waals surface area contributed by atoms with Gasteiger partial charge in [-0.3, -0.25) is 4.68 Å². The summed E-state index contributed by atoms with van der Waals surface area (Å²) in [5, 5.41) is 16.8. The van der Waals surface area contributed by atoms with Crippen molar-refractivity contribution in [3.8, 4) is 5.75 Å². The summed E-state index contributed by atoms with van der Waals surface area (Å²) in [4.78, 5) is 12.8. The maximum absolute atomic E-state index is 11.7. The van der Waals surface area contributed by atoms with Gasteiger partial charge in [0, 0.05) is 27.9 Å². The highest BCUT2D eigenvalue weighted by atomic mass is 35.5. The number of aryl methyl sites for hydroxylation is 1. The van der Waals surface area contributed by atoms with Gasteiger partial charge in [-0.2, -0.15) is 5.10 Å². The van der Waals surface area contributed by atoms with Crippen LogP contribution < -0.4 is 14.7 Å². The third-order valence-corrected chi connectivity index (χ3v) is 4.87. The van der Waals surface area contributed by atoms with Gasteiger partial charge in [0.25, 0.3) is 0 Å². The highest BCUT2D eigenvalue weighted by molar-refractivity contribution is 6.30. The fourth-order valence-corrected chi connectivity index (χ4v) is 3.38. The minimum Gasteiger partial charge on any atom is -0.530 e. The number of rotatable bonds is 6. The summed E-state index contributed by atoms with van der Waals surface area (Å²) in [7, 11) is 0. The molecule has 2 aromatic carbocycles. The molecule has 0 spiro atoms. The van der Waals surface area contributed by atoms with Crippen molar-refractivity contribution in [2.45, 2.75) is 46.4 Å². The quantitative estimate of drug-likeness (QED) is 0.585. The van der Waals surface area contributed by atoms with Crippen molar-refractivity contribution in [3.63, 3.8) is 0 Å². The van der Waals surface area contributed by atoms with E-state index in [0.717, 1.165) is 21.7 Å². The van der Waals surface area contributed by atoms with Gasteiger partial charge < -0.3 is 19.5 Å². The van der Waals surface area contributed by atoms with Crippen molar-refractivity contribution in [3.05, 3.63) is 76.4 Å². The number of aromatic nitrogens is 2. The Hall–Kier alpha value is -2.99. The molecule has 158 valence electrons. The van der Waals surface area contributed by atoms with Crippen molar-refractivity contribution in [2.75, 3.05) is 4.90 Å². The van der Waals surface area contributed by atoms with Crippen molar-refractivity contribution >= 4 is 23.5 Å². The first-order valence-corrected chi connectivity index (χ1v) is 10.0. The van der Waals surface area contributed by atoms with Gasteiger partial charge in [0.05, 0.1) is 6.54 Å². The van der Waals surface area contributed by atoms with E-state index in [1.165, 1.54) is 0 Å².